The molecule has 2 aliphatic rings. The van der Waals surface area contributed by atoms with Gasteiger partial charge in [-0.05, 0) is 36.8 Å². The molecule has 0 saturated carbocycles. The number of morpholine rings is 1. The molecular formula is C20H20F3N3O6. The molecule has 32 heavy (non-hydrogen) atoms. The molecule has 0 unspecified atom stereocenters. The summed E-state index contributed by atoms with van der Waals surface area (Å²) >= 11 is 0. The number of fused-ring (bicyclic) bond motifs is 1. The van der Waals surface area contributed by atoms with Crippen LogP contribution in [0.1, 0.15) is 21.9 Å². The molecule has 2 fully saturated rings. The predicted molar refractivity (Wildman–Crippen MR) is 101 cm³/mol. The monoisotopic (exact) mass is 455 g/mol. The minimum absolute atomic E-state index is 0.0497. The highest BCUT2D eigenvalue weighted by molar-refractivity contribution is 5.92. The summed E-state index contributed by atoms with van der Waals surface area (Å²) in [5.41, 5.74) is 1.01. The van der Waals surface area contributed by atoms with Gasteiger partial charge in [-0.3, -0.25) is 14.6 Å². The van der Waals surface area contributed by atoms with Crippen LogP contribution in [0.4, 0.5) is 13.2 Å². The Kier molecular flexibility index (Phi) is 6.82. The number of furan rings is 1. The van der Waals surface area contributed by atoms with Crippen LogP contribution >= 0.6 is 0 Å². The van der Waals surface area contributed by atoms with Gasteiger partial charge in [-0.1, -0.05) is 0 Å². The number of halogens is 3. The van der Waals surface area contributed by atoms with Crippen LogP contribution in [0, 0.1) is 6.92 Å². The van der Waals surface area contributed by atoms with Crippen molar-refractivity contribution in [2.24, 2.45) is 0 Å². The second-order valence-corrected chi connectivity index (χ2v) is 7.22. The van der Waals surface area contributed by atoms with E-state index >= 15 is 0 Å². The first kappa shape index (κ1) is 23.3. The first-order valence-electron chi connectivity index (χ1n) is 9.52. The van der Waals surface area contributed by atoms with Gasteiger partial charge in [0.1, 0.15) is 12.4 Å². The number of carbonyl (C=O) groups excluding carboxylic acids is 2. The fourth-order valence-corrected chi connectivity index (χ4v) is 3.43. The van der Waals surface area contributed by atoms with Gasteiger partial charge in [-0.2, -0.15) is 13.2 Å². The second kappa shape index (κ2) is 9.39. The Morgan fingerprint density at radius 1 is 1.19 bits per heavy atom. The van der Waals surface area contributed by atoms with E-state index in [0.29, 0.717) is 31.2 Å². The summed E-state index contributed by atoms with van der Waals surface area (Å²) in [6.07, 6.45) is -1.83. The molecule has 9 nitrogen and oxygen atoms in total. The smallest absolute Gasteiger partial charge is 0.475 e. The van der Waals surface area contributed by atoms with Crippen molar-refractivity contribution in [1.82, 2.24) is 14.8 Å². The first-order chi connectivity index (χ1) is 15.1. The van der Waals surface area contributed by atoms with E-state index in [1.165, 1.54) is 0 Å². The summed E-state index contributed by atoms with van der Waals surface area (Å²) in [6.45, 7) is 3.25. The third kappa shape index (κ3) is 5.44. The van der Waals surface area contributed by atoms with Crippen LogP contribution in [0.3, 0.4) is 0 Å². The lowest BCUT2D eigenvalue weighted by atomic mass is 10.1. The highest BCUT2D eigenvalue weighted by atomic mass is 19.4. The van der Waals surface area contributed by atoms with Crippen molar-refractivity contribution in [2.45, 2.75) is 31.8 Å². The molecule has 4 heterocycles. The lowest BCUT2D eigenvalue weighted by Gasteiger charge is -2.36. The number of alkyl halides is 3. The maximum Gasteiger partial charge on any atom is 0.490 e. The van der Waals surface area contributed by atoms with Crippen LogP contribution in [0.15, 0.2) is 41.1 Å². The van der Waals surface area contributed by atoms with Crippen LogP contribution < -0.4 is 0 Å². The molecule has 0 aromatic carbocycles. The number of rotatable bonds is 3. The van der Waals surface area contributed by atoms with Crippen molar-refractivity contribution in [1.29, 1.82) is 0 Å². The van der Waals surface area contributed by atoms with Crippen LogP contribution in [0.5, 0.6) is 0 Å². The maximum absolute atomic E-state index is 12.6. The zero-order valence-corrected chi connectivity index (χ0v) is 16.9. The Bertz CT molecular complexity index is 978. The van der Waals surface area contributed by atoms with E-state index in [-0.39, 0.29) is 30.6 Å². The number of carboxylic acids is 1. The molecular weight excluding hydrogens is 435 g/mol. The molecule has 2 amide bonds. The van der Waals surface area contributed by atoms with E-state index in [9.17, 15) is 22.8 Å². The SMILES string of the molecule is Cc1ccc(C(=O)N2C[C@@H]3[C@@H](C2)OCC(=O)N3Cc2ccncc2)o1.O=C(O)C(F)(F)F. The molecule has 2 aromatic heterocycles. The molecule has 2 saturated heterocycles. The van der Waals surface area contributed by atoms with E-state index < -0.39 is 12.1 Å². The van der Waals surface area contributed by atoms with Crippen LogP contribution in [0.25, 0.3) is 0 Å². The molecule has 0 radical (unpaired) electrons. The third-order valence-corrected chi connectivity index (χ3v) is 4.96. The summed E-state index contributed by atoms with van der Waals surface area (Å²) in [4.78, 5) is 41.4. The molecule has 4 rings (SSSR count). The van der Waals surface area contributed by atoms with E-state index in [4.69, 9.17) is 19.1 Å². The van der Waals surface area contributed by atoms with Crippen molar-refractivity contribution in [2.75, 3.05) is 19.7 Å². The third-order valence-electron chi connectivity index (χ3n) is 4.96. The topological polar surface area (TPSA) is 113 Å². The van der Waals surface area contributed by atoms with Crippen LogP contribution in [-0.2, 0) is 20.9 Å². The van der Waals surface area contributed by atoms with Gasteiger partial charge in [0.2, 0.25) is 5.91 Å². The van der Waals surface area contributed by atoms with Gasteiger partial charge in [0.05, 0.1) is 12.1 Å². The zero-order valence-electron chi connectivity index (χ0n) is 16.9. The number of carboxylic acid groups (broad SMARTS) is 1. The van der Waals surface area contributed by atoms with E-state index in [0.717, 1.165) is 5.56 Å². The summed E-state index contributed by atoms with van der Waals surface area (Å²) in [5, 5.41) is 7.12. The molecule has 2 aliphatic heterocycles. The molecule has 0 bridgehead atoms. The zero-order chi connectivity index (χ0) is 23.5. The number of aromatic nitrogens is 1. The number of ether oxygens (including phenoxy) is 1. The Morgan fingerprint density at radius 2 is 1.84 bits per heavy atom. The number of pyridine rings is 1. The number of aryl methyl sites for hydroxylation is 1. The van der Waals surface area contributed by atoms with Gasteiger partial charge >= 0.3 is 12.1 Å². The quantitative estimate of drug-likeness (QED) is 0.752. The fraction of sp³-hybridized carbons (Fsp3) is 0.400. The molecule has 0 aliphatic carbocycles. The van der Waals surface area contributed by atoms with Crippen molar-refractivity contribution in [3.05, 3.63) is 53.7 Å². The highest BCUT2D eigenvalue weighted by Crippen LogP contribution is 2.26. The van der Waals surface area contributed by atoms with Crippen molar-refractivity contribution < 1.29 is 41.8 Å². The number of aliphatic carboxylic acids is 1. The van der Waals surface area contributed by atoms with E-state index in [1.54, 1.807) is 36.4 Å². The van der Waals surface area contributed by atoms with E-state index in [1.807, 2.05) is 17.0 Å². The molecule has 2 aromatic rings. The summed E-state index contributed by atoms with van der Waals surface area (Å²) in [5.74, 6) is -1.95. The minimum Gasteiger partial charge on any atom is -0.475 e. The van der Waals surface area contributed by atoms with Gasteiger partial charge in [0.25, 0.3) is 5.91 Å². The minimum atomic E-state index is -5.08. The largest absolute Gasteiger partial charge is 0.490 e. The van der Waals surface area contributed by atoms with Gasteiger partial charge in [-0.15, -0.1) is 0 Å². The molecule has 172 valence electrons. The number of carbonyl (C=O) groups is 3. The lowest BCUT2D eigenvalue weighted by molar-refractivity contribution is -0.192. The van der Waals surface area contributed by atoms with Crippen LogP contribution in [0.2, 0.25) is 0 Å². The normalized spacial score (nSPS) is 20.4. The van der Waals surface area contributed by atoms with Crippen molar-refractivity contribution >= 4 is 17.8 Å². The second-order valence-electron chi connectivity index (χ2n) is 7.22. The first-order valence-corrected chi connectivity index (χ1v) is 9.52. The molecule has 1 N–H and O–H groups in total. The predicted octanol–water partition coefficient (Wildman–Crippen LogP) is 1.87. The highest BCUT2D eigenvalue weighted by Gasteiger charge is 2.45. The number of likely N-dealkylation sites (tertiary alicyclic amines) is 1. The van der Waals surface area contributed by atoms with Gasteiger partial charge in [0.15, 0.2) is 5.76 Å². The molecule has 2 atom stereocenters. The Balaban J connectivity index is 0.000000360. The fourth-order valence-electron chi connectivity index (χ4n) is 3.43. The lowest BCUT2D eigenvalue weighted by Crippen LogP contribution is -2.53. The number of nitrogens with zero attached hydrogens (tertiary/aromatic N) is 3. The molecule has 12 heteroatoms. The van der Waals surface area contributed by atoms with Gasteiger partial charge < -0.3 is 24.1 Å². The summed E-state index contributed by atoms with van der Waals surface area (Å²) in [7, 11) is 0. The Hall–Kier alpha value is -3.41. The van der Waals surface area contributed by atoms with Crippen molar-refractivity contribution in [3.8, 4) is 0 Å². The summed E-state index contributed by atoms with van der Waals surface area (Å²) < 4.78 is 42.8. The van der Waals surface area contributed by atoms with Crippen molar-refractivity contribution in [3.63, 3.8) is 0 Å². The van der Waals surface area contributed by atoms with E-state index in [2.05, 4.69) is 4.98 Å². The Morgan fingerprint density at radius 3 is 2.41 bits per heavy atom. The van der Waals surface area contributed by atoms with Gasteiger partial charge in [0, 0.05) is 32.0 Å². The maximum atomic E-state index is 12.6. The average molecular weight is 455 g/mol. The van der Waals surface area contributed by atoms with Gasteiger partial charge in [-0.25, -0.2) is 4.79 Å². The standard InChI is InChI=1S/C18H19N3O4.C2HF3O2/c1-12-2-3-15(25-12)18(23)20-9-14-16(10-20)24-11-17(22)21(14)8-13-4-6-19-7-5-13;3-2(4,5)1(6)7/h2-7,14,16H,8-11H2,1H3;(H,6,7)/t14-,16-;/m1./s1. The average Bonchev–Trinajstić information content (AvgIpc) is 3.37. The Labute approximate surface area is 180 Å². The molecule has 0 spiro atoms. The number of hydrogen-bond donors (Lipinski definition) is 1. The number of hydrogen-bond acceptors (Lipinski definition) is 6. The van der Waals surface area contributed by atoms with Crippen LogP contribution in [-0.4, -0.2) is 75.7 Å². The summed E-state index contributed by atoms with van der Waals surface area (Å²) in [6, 6.07) is 7.09. The number of amides is 2.